The average Bonchev–Trinajstić information content (AvgIpc) is 1.99. The van der Waals surface area contributed by atoms with Crippen LogP contribution in [0.1, 0.15) is 33.6 Å². The molecule has 0 aromatic heterocycles. The highest BCUT2D eigenvalue weighted by molar-refractivity contribution is 5.91. The number of amides is 4. The van der Waals surface area contributed by atoms with Gasteiger partial charge in [0.2, 0.25) is 0 Å². The van der Waals surface area contributed by atoms with Crippen LogP contribution in [0, 0.1) is 0 Å². The standard InChI is InChI=1S/C7H14.C2H5N3O2/c1-4-5-6-7(2)3;3-1(6)5-2(4)7/h6H,4-5H2,1-3H3;(H5,3,4,5,6,7). The van der Waals surface area contributed by atoms with Crippen LogP contribution in [-0.2, 0) is 0 Å². The van der Waals surface area contributed by atoms with Gasteiger partial charge in [-0.1, -0.05) is 25.0 Å². The molecule has 0 saturated carbocycles. The lowest BCUT2D eigenvalue weighted by molar-refractivity contribution is 0.236. The first-order valence-electron chi connectivity index (χ1n) is 4.39. The lowest BCUT2D eigenvalue weighted by atomic mass is 10.2. The summed E-state index contributed by atoms with van der Waals surface area (Å²) in [7, 11) is 0. The number of hydrogen-bond acceptors (Lipinski definition) is 2. The highest BCUT2D eigenvalue weighted by atomic mass is 16.2. The van der Waals surface area contributed by atoms with Crippen molar-refractivity contribution in [3.63, 3.8) is 0 Å². The number of urea groups is 2. The molecule has 0 aliphatic rings. The minimum atomic E-state index is -0.938. The van der Waals surface area contributed by atoms with E-state index in [1.54, 1.807) is 5.32 Å². The number of allylic oxidation sites excluding steroid dienone is 2. The van der Waals surface area contributed by atoms with Crippen LogP contribution < -0.4 is 16.8 Å². The zero-order valence-electron chi connectivity index (χ0n) is 8.96. The number of carbonyl (C=O) groups excluding carboxylic acids is 2. The predicted molar refractivity (Wildman–Crippen MR) is 56.6 cm³/mol. The van der Waals surface area contributed by atoms with Crippen LogP contribution in [0.3, 0.4) is 0 Å². The molecule has 0 aliphatic heterocycles. The first kappa shape index (κ1) is 15.0. The van der Waals surface area contributed by atoms with Crippen LogP contribution in [0.4, 0.5) is 9.59 Å². The lowest BCUT2D eigenvalue weighted by Gasteiger charge is -1.88. The van der Waals surface area contributed by atoms with E-state index in [9.17, 15) is 9.59 Å². The Labute approximate surface area is 84.5 Å². The molecule has 0 rings (SSSR count). The van der Waals surface area contributed by atoms with Crippen LogP contribution in [0.15, 0.2) is 11.6 Å². The van der Waals surface area contributed by atoms with Crippen LogP contribution >= 0.6 is 0 Å². The maximum Gasteiger partial charge on any atom is 0.320 e. The number of primary amides is 2. The molecule has 0 heterocycles. The van der Waals surface area contributed by atoms with E-state index in [1.807, 2.05) is 0 Å². The van der Waals surface area contributed by atoms with Crippen molar-refractivity contribution in [2.75, 3.05) is 0 Å². The number of hydrogen-bond donors (Lipinski definition) is 3. The third-order valence-electron chi connectivity index (χ3n) is 1.09. The number of nitrogens with one attached hydrogen (secondary N) is 1. The normalized spacial score (nSPS) is 7.93. The van der Waals surface area contributed by atoms with Gasteiger partial charge in [0, 0.05) is 0 Å². The zero-order valence-corrected chi connectivity index (χ0v) is 8.96. The van der Waals surface area contributed by atoms with E-state index in [0.29, 0.717) is 0 Å². The van der Waals surface area contributed by atoms with Gasteiger partial charge >= 0.3 is 12.1 Å². The molecule has 0 atom stereocenters. The molecular weight excluding hydrogens is 182 g/mol. The fraction of sp³-hybridized carbons (Fsp3) is 0.556. The van der Waals surface area contributed by atoms with Crippen molar-refractivity contribution in [3.05, 3.63) is 11.6 Å². The Morgan fingerprint density at radius 2 is 1.64 bits per heavy atom. The van der Waals surface area contributed by atoms with Gasteiger partial charge in [-0.15, -0.1) is 0 Å². The predicted octanol–water partition coefficient (Wildman–Crippen LogP) is 1.49. The summed E-state index contributed by atoms with van der Waals surface area (Å²) in [5, 5.41) is 1.58. The molecule has 5 nitrogen and oxygen atoms in total. The molecule has 0 aromatic rings. The molecule has 0 unspecified atom stereocenters. The van der Waals surface area contributed by atoms with Crippen LogP contribution in [0.25, 0.3) is 0 Å². The largest absolute Gasteiger partial charge is 0.351 e. The van der Waals surface area contributed by atoms with E-state index in [1.165, 1.54) is 18.4 Å². The van der Waals surface area contributed by atoms with Crippen LogP contribution in [-0.4, -0.2) is 12.1 Å². The Morgan fingerprint density at radius 3 is 1.71 bits per heavy atom. The smallest absolute Gasteiger partial charge is 0.320 e. The number of imide groups is 1. The molecule has 4 amide bonds. The summed E-state index contributed by atoms with van der Waals surface area (Å²) in [6.45, 7) is 6.46. The van der Waals surface area contributed by atoms with Crippen molar-refractivity contribution in [1.82, 2.24) is 5.32 Å². The third kappa shape index (κ3) is 22.4. The minimum absolute atomic E-state index is 0.937. The van der Waals surface area contributed by atoms with E-state index >= 15 is 0 Å². The molecule has 0 aromatic carbocycles. The number of carbonyl (C=O) groups is 2. The van der Waals surface area contributed by atoms with Crippen molar-refractivity contribution >= 4 is 12.1 Å². The summed E-state index contributed by atoms with van der Waals surface area (Å²) < 4.78 is 0. The Balaban J connectivity index is 0. The van der Waals surface area contributed by atoms with Crippen molar-refractivity contribution in [2.45, 2.75) is 33.6 Å². The summed E-state index contributed by atoms with van der Waals surface area (Å²) in [5.41, 5.74) is 10.3. The SMILES string of the molecule is CCCC=C(C)C.NC(=O)NC(N)=O. The van der Waals surface area contributed by atoms with E-state index < -0.39 is 12.1 Å². The summed E-state index contributed by atoms with van der Waals surface area (Å²) in [5.74, 6) is 0. The second kappa shape index (κ2) is 9.57. The first-order valence-corrected chi connectivity index (χ1v) is 4.39. The van der Waals surface area contributed by atoms with E-state index in [4.69, 9.17) is 0 Å². The first-order chi connectivity index (χ1) is 6.40. The Hall–Kier alpha value is -1.52. The fourth-order valence-corrected chi connectivity index (χ4v) is 0.554. The third-order valence-corrected chi connectivity index (χ3v) is 1.09. The molecule has 0 radical (unpaired) electrons. The summed E-state index contributed by atoms with van der Waals surface area (Å²) in [6.07, 6.45) is 4.77. The van der Waals surface area contributed by atoms with Gasteiger partial charge in [-0.25, -0.2) is 9.59 Å². The van der Waals surface area contributed by atoms with Gasteiger partial charge in [0.05, 0.1) is 0 Å². The minimum Gasteiger partial charge on any atom is -0.351 e. The molecular formula is C9H19N3O2. The van der Waals surface area contributed by atoms with Crippen molar-refractivity contribution in [3.8, 4) is 0 Å². The molecule has 0 saturated heterocycles. The Morgan fingerprint density at radius 1 is 1.21 bits per heavy atom. The molecule has 5 N–H and O–H groups in total. The van der Waals surface area contributed by atoms with Gasteiger partial charge in [-0.05, 0) is 20.3 Å². The molecule has 0 bridgehead atoms. The summed E-state index contributed by atoms with van der Waals surface area (Å²) in [4.78, 5) is 19.2. The summed E-state index contributed by atoms with van der Waals surface area (Å²) >= 11 is 0. The molecule has 14 heavy (non-hydrogen) atoms. The van der Waals surface area contributed by atoms with Gasteiger partial charge in [0.25, 0.3) is 0 Å². The van der Waals surface area contributed by atoms with Crippen LogP contribution in [0.2, 0.25) is 0 Å². The molecule has 0 fully saturated rings. The van der Waals surface area contributed by atoms with E-state index in [0.717, 1.165) is 0 Å². The van der Waals surface area contributed by atoms with E-state index in [2.05, 4.69) is 38.3 Å². The highest BCUT2D eigenvalue weighted by Gasteiger charge is 1.92. The summed E-state index contributed by atoms with van der Waals surface area (Å²) in [6, 6.07) is -1.88. The maximum atomic E-state index is 9.62. The van der Waals surface area contributed by atoms with Crippen LogP contribution in [0.5, 0.6) is 0 Å². The quantitative estimate of drug-likeness (QED) is 0.590. The second-order valence-corrected chi connectivity index (χ2v) is 2.92. The highest BCUT2D eigenvalue weighted by Crippen LogP contribution is 1.94. The van der Waals surface area contributed by atoms with Gasteiger partial charge < -0.3 is 11.5 Å². The van der Waals surface area contributed by atoms with E-state index in [-0.39, 0.29) is 0 Å². The second-order valence-electron chi connectivity index (χ2n) is 2.92. The van der Waals surface area contributed by atoms with Crippen molar-refractivity contribution in [2.24, 2.45) is 11.5 Å². The molecule has 0 spiro atoms. The fourth-order valence-electron chi connectivity index (χ4n) is 0.554. The van der Waals surface area contributed by atoms with Gasteiger partial charge in [-0.3, -0.25) is 5.32 Å². The maximum absolute atomic E-state index is 9.62. The Kier molecular flexibility index (Phi) is 10.2. The molecule has 0 aliphatic carbocycles. The van der Waals surface area contributed by atoms with Crippen molar-refractivity contribution in [1.29, 1.82) is 0 Å². The average molecular weight is 201 g/mol. The molecule has 5 heteroatoms. The molecule has 82 valence electrons. The van der Waals surface area contributed by atoms with Crippen molar-refractivity contribution < 1.29 is 9.59 Å². The number of nitrogens with two attached hydrogens (primary N) is 2. The number of unbranched alkanes of at least 4 members (excludes halogenated alkanes) is 1. The topological polar surface area (TPSA) is 98.2 Å². The monoisotopic (exact) mass is 201 g/mol. The lowest BCUT2D eigenvalue weighted by Crippen LogP contribution is -2.38. The van der Waals surface area contributed by atoms with Gasteiger partial charge in [0.1, 0.15) is 0 Å². The van der Waals surface area contributed by atoms with Gasteiger partial charge in [-0.2, -0.15) is 0 Å². The Bertz CT molecular complexity index is 196. The van der Waals surface area contributed by atoms with Gasteiger partial charge in [0.15, 0.2) is 0 Å². The number of rotatable bonds is 2. The zero-order chi connectivity index (χ0) is 11.6.